The van der Waals surface area contributed by atoms with Crippen LogP contribution in [-0.2, 0) is 4.74 Å². The number of hydrogen-bond donors (Lipinski definition) is 0. The van der Waals surface area contributed by atoms with Gasteiger partial charge in [0.2, 0.25) is 0 Å². The van der Waals surface area contributed by atoms with Crippen LogP contribution in [0, 0.1) is 5.92 Å². The van der Waals surface area contributed by atoms with Gasteiger partial charge in [0.15, 0.2) is 0 Å². The van der Waals surface area contributed by atoms with Gasteiger partial charge in [0.05, 0.1) is 6.10 Å². The van der Waals surface area contributed by atoms with E-state index in [-0.39, 0.29) is 0 Å². The minimum Gasteiger partial charge on any atom is -0.378 e. The van der Waals surface area contributed by atoms with Crippen LogP contribution in [0.25, 0.3) is 0 Å². The number of allylic oxidation sites excluding steroid dienone is 2. The SMILES string of the molecule is CC=CCC(CCSC)CC1CCCO1. The Morgan fingerprint density at radius 2 is 2.40 bits per heavy atom. The summed E-state index contributed by atoms with van der Waals surface area (Å²) >= 11 is 1.96. The molecule has 2 unspecified atom stereocenters. The Labute approximate surface area is 98.7 Å². The van der Waals surface area contributed by atoms with Gasteiger partial charge in [-0.25, -0.2) is 0 Å². The first kappa shape index (κ1) is 13.1. The molecule has 0 aromatic carbocycles. The summed E-state index contributed by atoms with van der Waals surface area (Å²) in [5.74, 6) is 2.12. The summed E-state index contributed by atoms with van der Waals surface area (Å²) in [6.45, 7) is 3.10. The summed E-state index contributed by atoms with van der Waals surface area (Å²) in [5.41, 5.74) is 0. The second kappa shape index (κ2) is 8.23. The fourth-order valence-corrected chi connectivity index (χ4v) is 2.72. The van der Waals surface area contributed by atoms with E-state index in [2.05, 4.69) is 25.3 Å². The molecule has 0 spiro atoms. The van der Waals surface area contributed by atoms with Crippen LogP contribution in [0.2, 0.25) is 0 Å². The van der Waals surface area contributed by atoms with Crippen molar-refractivity contribution in [3.05, 3.63) is 12.2 Å². The third-order valence-corrected chi connectivity index (χ3v) is 3.70. The van der Waals surface area contributed by atoms with Crippen LogP contribution in [0.3, 0.4) is 0 Å². The maximum Gasteiger partial charge on any atom is 0.0578 e. The maximum atomic E-state index is 5.71. The van der Waals surface area contributed by atoms with E-state index in [9.17, 15) is 0 Å². The molecular formula is C13H24OS. The van der Waals surface area contributed by atoms with Crippen LogP contribution in [0.15, 0.2) is 12.2 Å². The van der Waals surface area contributed by atoms with E-state index in [0.717, 1.165) is 12.5 Å². The number of hydrogen-bond acceptors (Lipinski definition) is 2. The summed E-state index contributed by atoms with van der Waals surface area (Å²) in [6, 6.07) is 0. The molecule has 2 atom stereocenters. The van der Waals surface area contributed by atoms with Gasteiger partial charge in [-0.05, 0) is 57.0 Å². The lowest BCUT2D eigenvalue weighted by molar-refractivity contribution is 0.0894. The van der Waals surface area contributed by atoms with Crippen molar-refractivity contribution < 1.29 is 4.74 Å². The molecule has 1 nitrogen and oxygen atoms in total. The van der Waals surface area contributed by atoms with Crippen LogP contribution >= 0.6 is 11.8 Å². The first-order valence-electron chi connectivity index (χ1n) is 6.08. The van der Waals surface area contributed by atoms with Gasteiger partial charge in [-0.3, -0.25) is 0 Å². The van der Waals surface area contributed by atoms with Gasteiger partial charge in [0.25, 0.3) is 0 Å². The second-order valence-electron chi connectivity index (χ2n) is 4.32. The molecule has 0 bridgehead atoms. The fraction of sp³-hybridized carbons (Fsp3) is 0.846. The Morgan fingerprint density at radius 3 is 3.00 bits per heavy atom. The molecule has 1 rings (SSSR count). The smallest absolute Gasteiger partial charge is 0.0578 e. The van der Waals surface area contributed by atoms with E-state index < -0.39 is 0 Å². The highest BCUT2D eigenvalue weighted by atomic mass is 32.2. The van der Waals surface area contributed by atoms with Gasteiger partial charge in [0.1, 0.15) is 0 Å². The van der Waals surface area contributed by atoms with Crippen molar-refractivity contribution in [3.8, 4) is 0 Å². The Bertz CT molecular complexity index is 173. The first-order valence-corrected chi connectivity index (χ1v) is 7.48. The first-order chi connectivity index (χ1) is 7.36. The molecule has 1 aliphatic heterocycles. The monoisotopic (exact) mass is 228 g/mol. The quantitative estimate of drug-likeness (QED) is 0.611. The minimum absolute atomic E-state index is 0.558. The van der Waals surface area contributed by atoms with Crippen LogP contribution < -0.4 is 0 Å². The molecule has 1 saturated heterocycles. The fourth-order valence-electron chi connectivity index (χ4n) is 2.15. The van der Waals surface area contributed by atoms with Gasteiger partial charge >= 0.3 is 0 Å². The van der Waals surface area contributed by atoms with Crippen LogP contribution in [0.1, 0.15) is 39.0 Å². The molecule has 88 valence electrons. The minimum atomic E-state index is 0.558. The number of ether oxygens (including phenoxy) is 1. The van der Waals surface area contributed by atoms with E-state index in [4.69, 9.17) is 4.74 Å². The van der Waals surface area contributed by atoms with E-state index in [1.54, 1.807) is 0 Å². The molecule has 0 amide bonds. The Morgan fingerprint density at radius 1 is 1.53 bits per heavy atom. The molecular weight excluding hydrogens is 204 g/mol. The highest BCUT2D eigenvalue weighted by Crippen LogP contribution is 2.25. The van der Waals surface area contributed by atoms with Gasteiger partial charge < -0.3 is 4.74 Å². The van der Waals surface area contributed by atoms with Gasteiger partial charge in [-0.15, -0.1) is 0 Å². The highest BCUT2D eigenvalue weighted by Gasteiger charge is 2.19. The molecule has 2 heteroatoms. The molecule has 0 aromatic heterocycles. The van der Waals surface area contributed by atoms with Crippen molar-refractivity contribution in [2.75, 3.05) is 18.6 Å². The third-order valence-electron chi connectivity index (χ3n) is 3.06. The van der Waals surface area contributed by atoms with E-state index in [0.29, 0.717) is 6.10 Å². The predicted octanol–water partition coefficient (Wildman–Crippen LogP) is 3.89. The normalized spacial score (nSPS) is 23.7. The zero-order chi connectivity index (χ0) is 10.9. The average Bonchev–Trinajstić information content (AvgIpc) is 2.74. The van der Waals surface area contributed by atoms with Crippen LogP contribution in [0.4, 0.5) is 0 Å². The molecule has 15 heavy (non-hydrogen) atoms. The molecule has 0 aliphatic carbocycles. The number of thioether (sulfide) groups is 1. The van der Waals surface area contributed by atoms with E-state index in [1.807, 2.05) is 11.8 Å². The van der Waals surface area contributed by atoms with Crippen molar-refractivity contribution in [1.82, 2.24) is 0 Å². The zero-order valence-electron chi connectivity index (χ0n) is 10.1. The van der Waals surface area contributed by atoms with Gasteiger partial charge in [-0.1, -0.05) is 12.2 Å². The van der Waals surface area contributed by atoms with Crippen molar-refractivity contribution >= 4 is 11.8 Å². The average molecular weight is 228 g/mol. The van der Waals surface area contributed by atoms with E-state index >= 15 is 0 Å². The summed E-state index contributed by atoms with van der Waals surface area (Å²) < 4.78 is 5.71. The summed E-state index contributed by atoms with van der Waals surface area (Å²) in [4.78, 5) is 0. The summed E-state index contributed by atoms with van der Waals surface area (Å²) in [6.07, 6.45) is 13.6. The zero-order valence-corrected chi connectivity index (χ0v) is 10.9. The lowest BCUT2D eigenvalue weighted by Gasteiger charge is -2.18. The highest BCUT2D eigenvalue weighted by molar-refractivity contribution is 7.98. The van der Waals surface area contributed by atoms with Crippen molar-refractivity contribution in [1.29, 1.82) is 0 Å². The topological polar surface area (TPSA) is 9.23 Å². The van der Waals surface area contributed by atoms with E-state index in [1.165, 1.54) is 37.9 Å². The maximum absolute atomic E-state index is 5.71. The molecule has 1 aliphatic rings. The predicted molar refractivity (Wildman–Crippen MR) is 69.5 cm³/mol. The Balaban J connectivity index is 2.25. The van der Waals surface area contributed by atoms with Gasteiger partial charge in [0, 0.05) is 6.61 Å². The van der Waals surface area contributed by atoms with Crippen molar-refractivity contribution in [3.63, 3.8) is 0 Å². The molecule has 0 radical (unpaired) electrons. The van der Waals surface area contributed by atoms with Crippen molar-refractivity contribution in [2.45, 2.75) is 45.1 Å². The lowest BCUT2D eigenvalue weighted by atomic mass is 9.94. The molecule has 1 heterocycles. The summed E-state index contributed by atoms with van der Waals surface area (Å²) in [5, 5.41) is 0. The Kier molecular flexibility index (Phi) is 7.20. The Hall–Kier alpha value is 0.0500. The molecule has 1 fully saturated rings. The summed E-state index contributed by atoms with van der Waals surface area (Å²) in [7, 11) is 0. The third kappa shape index (κ3) is 5.62. The van der Waals surface area contributed by atoms with Crippen LogP contribution in [0.5, 0.6) is 0 Å². The molecule has 0 aromatic rings. The van der Waals surface area contributed by atoms with Crippen LogP contribution in [-0.4, -0.2) is 24.7 Å². The van der Waals surface area contributed by atoms with Crippen molar-refractivity contribution in [2.24, 2.45) is 5.92 Å². The standard InChI is InChI=1S/C13H24OS/c1-3-4-6-12(8-10-15-2)11-13-7-5-9-14-13/h3-4,12-13H,5-11H2,1-2H3. The number of rotatable bonds is 7. The molecule has 0 N–H and O–H groups in total. The second-order valence-corrected chi connectivity index (χ2v) is 5.31. The lowest BCUT2D eigenvalue weighted by Crippen LogP contribution is -2.13. The van der Waals surface area contributed by atoms with Gasteiger partial charge in [-0.2, -0.15) is 11.8 Å². The molecule has 0 saturated carbocycles. The largest absolute Gasteiger partial charge is 0.378 e.